The summed E-state index contributed by atoms with van der Waals surface area (Å²) in [5.41, 5.74) is 0. The highest BCUT2D eigenvalue weighted by Gasteiger charge is 2.51. The van der Waals surface area contributed by atoms with Crippen molar-refractivity contribution in [3.63, 3.8) is 0 Å². The van der Waals surface area contributed by atoms with Gasteiger partial charge in [-0.2, -0.15) is 0 Å². The number of amides is 1. The van der Waals surface area contributed by atoms with Crippen LogP contribution in [0.5, 0.6) is 0 Å². The van der Waals surface area contributed by atoms with Gasteiger partial charge in [-0.05, 0) is 12.8 Å². The number of rotatable bonds is 68. The highest BCUT2D eigenvalue weighted by atomic mass is 16.7. The largest absolute Gasteiger partial charge is 0.394 e. The molecule has 0 aromatic carbocycles. The van der Waals surface area contributed by atoms with Crippen LogP contribution in [-0.2, 0) is 23.7 Å². The first-order valence-electron chi connectivity index (χ1n) is 39.8. The van der Waals surface area contributed by atoms with Crippen LogP contribution in [0.15, 0.2) is 0 Å². The van der Waals surface area contributed by atoms with Crippen molar-refractivity contribution in [3.8, 4) is 0 Å². The summed E-state index contributed by atoms with van der Waals surface area (Å²) in [7, 11) is 0. The minimum absolute atomic E-state index is 0.195. The first-order chi connectivity index (χ1) is 44.6. The highest BCUT2D eigenvalue weighted by Crippen LogP contribution is 2.31. The van der Waals surface area contributed by atoms with Gasteiger partial charge in [0, 0.05) is 6.42 Å². The number of aliphatic hydroxyl groups excluding tert-OH is 8. The molecule has 91 heavy (non-hydrogen) atoms. The fourth-order valence-corrected chi connectivity index (χ4v) is 13.8. The molecule has 0 bridgehead atoms. The molecule has 0 spiro atoms. The van der Waals surface area contributed by atoms with Gasteiger partial charge in [-0.1, -0.05) is 373 Å². The summed E-state index contributed by atoms with van der Waals surface area (Å²) in [5, 5.41) is 87.8. The number of ether oxygens (including phenoxy) is 4. The van der Waals surface area contributed by atoms with Crippen LogP contribution < -0.4 is 5.32 Å². The maximum atomic E-state index is 13.4. The van der Waals surface area contributed by atoms with E-state index in [0.717, 1.165) is 51.4 Å². The molecule has 0 aliphatic carbocycles. The van der Waals surface area contributed by atoms with Crippen LogP contribution in [0.1, 0.15) is 393 Å². The molecule has 0 aromatic heterocycles. The summed E-state index contributed by atoms with van der Waals surface area (Å²) in [5.74, 6) is -0.195. The Morgan fingerprint density at radius 2 is 0.626 bits per heavy atom. The van der Waals surface area contributed by atoms with Crippen molar-refractivity contribution in [1.82, 2.24) is 5.32 Å². The van der Waals surface area contributed by atoms with Crippen LogP contribution >= 0.6 is 0 Å². The fourth-order valence-electron chi connectivity index (χ4n) is 13.8. The third-order valence-electron chi connectivity index (χ3n) is 20.1. The molecule has 2 aliphatic heterocycles. The van der Waals surface area contributed by atoms with E-state index in [1.54, 1.807) is 0 Å². The number of carbonyl (C=O) groups excluding carboxylic acids is 1. The van der Waals surface area contributed by atoms with Gasteiger partial charge in [0.05, 0.1) is 32.0 Å². The predicted molar refractivity (Wildman–Crippen MR) is 374 cm³/mol. The average molecular weight is 1300 g/mol. The van der Waals surface area contributed by atoms with E-state index in [1.807, 2.05) is 0 Å². The van der Waals surface area contributed by atoms with E-state index in [9.17, 15) is 45.6 Å². The second kappa shape index (κ2) is 62.5. The molecule has 14 nitrogen and oxygen atoms in total. The molecule has 2 saturated heterocycles. The van der Waals surface area contributed by atoms with Crippen molar-refractivity contribution in [2.24, 2.45) is 0 Å². The summed E-state index contributed by atoms with van der Waals surface area (Å²) in [4.78, 5) is 13.4. The normalized spacial score (nSPS) is 22.7. The molecular weight excluding hydrogens is 1150 g/mol. The molecule has 2 heterocycles. The van der Waals surface area contributed by atoms with Crippen LogP contribution in [0.2, 0.25) is 0 Å². The standard InChI is InChI=1S/C77H151NO13/c1-3-5-7-9-11-13-15-17-19-21-23-25-27-28-29-30-31-32-33-34-35-36-37-38-39-41-43-45-47-49-51-53-55-57-59-61-69(82)78-65(64-88-76-74(87)72(85)75(68(63-80)90-76)91-77-73(86)71(84)70(83)67(62-79)89-77)66(81)60-58-56-54-52-50-48-46-44-42-40-26-24-22-20-18-16-14-12-10-8-6-4-2/h65-68,70-77,79-81,83-87H,3-64H2,1-2H3,(H,78,82). The first kappa shape index (κ1) is 86.1. The molecule has 0 radical (unpaired) electrons. The number of hydrogen-bond acceptors (Lipinski definition) is 13. The van der Waals surface area contributed by atoms with Crippen molar-refractivity contribution in [2.75, 3.05) is 19.8 Å². The number of unbranched alkanes of at least 4 members (excludes halogenated alkanes) is 55. The van der Waals surface area contributed by atoms with Crippen molar-refractivity contribution in [1.29, 1.82) is 0 Å². The molecule has 2 fully saturated rings. The Balaban J connectivity index is 1.58. The lowest BCUT2D eigenvalue weighted by Crippen LogP contribution is -2.65. The van der Waals surface area contributed by atoms with E-state index < -0.39 is 86.8 Å². The van der Waals surface area contributed by atoms with E-state index in [1.165, 1.54) is 315 Å². The van der Waals surface area contributed by atoms with Gasteiger partial charge < -0.3 is 65.1 Å². The van der Waals surface area contributed by atoms with Gasteiger partial charge in [-0.15, -0.1) is 0 Å². The summed E-state index contributed by atoms with van der Waals surface area (Å²) in [6.45, 7) is 2.94. The second-order valence-electron chi connectivity index (χ2n) is 28.6. The van der Waals surface area contributed by atoms with Crippen LogP contribution in [-0.4, -0.2) is 140 Å². The van der Waals surface area contributed by atoms with Crippen LogP contribution in [0.25, 0.3) is 0 Å². The molecule has 9 N–H and O–H groups in total. The van der Waals surface area contributed by atoms with E-state index in [4.69, 9.17) is 18.9 Å². The van der Waals surface area contributed by atoms with E-state index in [2.05, 4.69) is 19.2 Å². The van der Waals surface area contributed by atoms with Crippen molar-refractivity contribution in [3.05, 3.63) is 0 Å². The molecule has 2 aliphatic rings. The van der Waals surface area contributed by atoms with Gasteiger partial charge in [0.25, 0.3) is 0 Å². The Bertz CT molecular complexity index is 1530. The zero-order chi connectivity index (χ0) is 65.9. The summed E-state index contributed by atoms with van der Waals surface area (Å²) < 4.78 is 23.0. The molecule has 542 valence electrons. The summed E-state index contributed by atoms with van der Waals surface area (Å²) >= 11 is 0. The maximum Gasteiger partial charge on any atom is 0.220 e. The third kappa shape index (κ3) is 46.0. The predicted octanol–water partition coefficient (Wildman–Crippen LogP) is 17.5. The SMILES string of the molecule is CCCCCCCCCCCCCCCCCCCCCCCCCCCCCCCCCCCCCC(=O)NC(COC1OC(CO)C(OC2OC(CO)C(O)C(O)C2O)C(O)C1O)C(O)CCCCCCCCCCCCCCCCCCCCCCCC. The molecule has 0 saturated carbocycles. The molecule has 0 aromatic rings. The Hall–Kier alpha value is -1.01. The van der Waals surface area contributed by atoms with E-state index in [0.29, 0.717) is 12.8 Å². The van der Waals surface area contributed by atoms with Crippen LogP contribution in [0, 0.1) is 0 Å². The highest BCUT2D eigenvalue weighted by molar-refractivity contribution is 5.76. The quantitative estimate of drug-likeness (QED) is 0.0259. The molecule has 12 unspecified atom stereocenters. The Kier molecular flexibility index (Phi) is 59.1. The molecule has 1 amide bonds. The first-order valence-corrected chi connectivity index (χ1v) is 39.8. The van der Waals surface area contributed by atoms with Crippen LogP contribution in [0.4, 0.5) is 0 Å². The smallest absolute Gasteiger partial charge is 0.220 e. The maximum absolute atomic E-state index is 13.4. The second-order valence-corrected chi connectivity index (χ2v) is 28.6. The van der Waals surface area contributed by atoms with Gasteiger partial charge >= 0.3 is 0 Å². The van der Waals surface area contributed by atoms with Crippen molar-refractivity contribution < 1.29 is 64.6 Å². The summed E-state index contributed by atoms with van der Waals surface area (Å²) in [6.07, 6.45) is 60.1. The molecule has 2 rings (SSSR count). The lowest BCUT2D eigenvalue weighted by molar-refractivity contribution is -0.359. The zero-order valence-corrected chi connectivity index (χ0v) is 59.4. The lowest BCUT2D eigenvalue weighted by atomic mass is 9.97. The lowest BCUT2D eigenvalue weighted by Gasteiger charge is -2.46. The monoisotopic (exact) mass is 1300 g/mol. The van der Waals surface area contributed by atoms with Gasteiger partial charge in [-0.25, -0.2) is 0 Å². The fraction of sp³-hybridized carbons (Fsp3) is 0.987. The Labute approximate surface area is 559 Å². The minimum Gasteiger partial charge on any atom is -0.394 e. The zero-order valence-electron chi connectivity index (χ0n) is 59.4. The van der Waals surface area contributed by atoms with Crippen LogP contribution in [0.3, 0.4) is 0 Å². The third-order valence-corrected chi connectivity index (χ3v) is 20.1. The van der Waals surface area contributed by atoms with Crippen molar-refractivity contribution >= 4 is 5.91 Å². The number of nitrogens with one attached hydrogen (secondary N) is 1. The molecular formula is C77H151NO13. The Morgan fingerprint density at radius 3 is 0.934 bits per heavy atom. The number of aliphatic hydroxyl groups is 8. The molecule has 14 heteroatoms. The van der Waals surface area contributed by atoms with Gasteiger partial charge in [-0.3, -0.25) is 4.79 Å². The van der Waals surface area contributed by atoms with Crippen molar-refractivity contribution in [2.45, 2.75) is 466 Å². The average Bonchev–Trinajstić information content (AvgIpc) is 0.888. The van der Waals surface area contributed by atoms with E-state index in [-0.39, 0.29) is 12.5 Å². The topological polar surface area (TPSA) is 228 Å². The van der Waals surface area contributed by atoms with Gasteiger partial charge in [0.1, 0.15) is 48.8 Å². The Morgan fingerprint density at radius 1 is 0.352 bits per heavy atom. The number of hydrogen-bond donors (Lipinski definition) is 9. The van der Waals surface area contributed by atoms with E-state index >= 15 is 0 Å². The molecule has 12 atom stereocenters. The summed E-state index contributed by atoms with van der Waals surface area (Å²) in [6, 6.07) is -0.825. The van der Waals surface area contributed by atoms with Gasteiger partial charge in [0.2, 0.25) is 5.91 Å². The van der Waals surface area contributed by atoms with Gasteiger partial charge in [0.15, 0.2) is 12.6 Å². The number of carbonyl (C=O) groups is 1. The minimum atomic E-state index is -1.78.